The van der Waals surface area contributed by atoms with E-state index in [-0.39, 0.29) is 24.8 Å². The molecule has 0 saturated carbocycles. The third-order valence-corrected chi connectivity index (χ3v) is 4.83. The van der Waals surface area contributed by atoms with Crippen molar-refractivity contribution in [2.75, 3.05) is 36.4 Å². The fourth-order valence-electron chi connectivity index (χ4n) is 2.14. The number of anilines is 1. The van der Waals surface area contributed by atoms with Crippen LogP contribution in [-0.4, -0.2) is 40.5 Å². The Kier molecular flexibility index (Phi) is 6.75. The minimum absolute atomic E-state index is 0. The molecule has 1 aliphatic rings. The molecule has 5 nitrogen and oxygen atoms in total. The van der Waals surface area contributed by atoms with Crippen LogP contribution in [0.4, 0.5) is 5.69 Å². The molecule has 2 rings (SSSR count). The Bertz CT molecular complexity index is 522. The minimum Gasteiger partial charge on any atom is -0.381 e. The van der Waals surface area contributed by atoms with E-state index in [1.54, 1.807) is 0 Å². The summed E-state index contributed by atoms with van der Waals surface area (Å²) in [7, 11) is -3.32. The van der Waals surface area contributed by atoms with Crippen LogP contribution in [0.5, 0.6) is 0 Å². The van der Waals surface area contributed by atoms with Crippen molar-refractivity contribution in [1.29, 1.82) is 0 Å². The SMILES string of the molecule is CCOCCS(=O)(=O)N1CCNCc2ccccc21.Cl. The van der Waals surface area contributed by atoms with Crippen LogP contribution < -0.4 is 9.62 Å². The third-order valence-electron chi connectivity index (χ3n) is 3.09. The molecule has 0 aromatic heterocycles. The molecule has 0 atom stereocenters. The summed E-state index contributed by atoms with van der Waals surface area (Å²) in [6.45, 7) is 4.46. The number of sulfonamides is 1. The number of nitrogens with zero attached hydrogens (tertiary/aromatic N) is 1. The van der Waals surface area contributed by atoms with E-state index in [1.807, 2.05) is 31.2 Å². The predicted octanol–water partition coefficient (Wildman–Crippen LogP) is 1.38. The maximum atomic E-state index is 12.4. The topological polar surface area (TPSA) is 58.6 Å². The summed E-state index contributed by atoms with van der Waals surface area (Å²) < 4.78 is 31.4. The summed E-state index contributed by atoms with van der Waals surface area (Å²) in [6.07, 6.45) is 0. The van der Waals surface area contributed by atoms with E-state index in [0.29, 0.717) is 26.2 Å². The van der Waals surface area contributed by atoms with E-state index < -0.39 is 10.0 Å². The standard InChI is InChI=1S/C13H20N2O3S.ClH/c1-2-18-9-10-19(16,17)15-8-7-14-11-12-5-3-4-6-13(12)15;/h3-6,14H,2,7-11H2,1H3;1H. The highest BCUT2D eigenvalue weighted by Gasteiger charge is 2.25. The number of ether oxygens (including phenoxy) is 1. The van der Waals surface area contributed by atoms with Gasteiger partial charge in [-0.15, -0.1) is 12.4 Å². The van der Waals surface area contributed by atoms with Gasteiger partial charge in [0.2, 0.25) is 10.0 Å². The number of nitrogens with one attached hydrogen (secondary N) is 1. The number of rotatable bonds is 5. The molecule has 1 aromatic carbocycles. The monoisotopic (exact) mass is 320 g/mol. The summed E-state index contributed by atoms with van der Waals surface area (Å²) in [5.41, 5.74) is 1.80. The van der Waals surface area contributed by atoms with Crippen molar-refractivity contribution in [1.82, 2.24) is 5.32 Å². The van der Waals surface area contributed by atoms with Crippen LogP contribution in [-0.2, 0) is 21.3 Å². The van der Waals surface area contributed by atoms with E-state index in [0.717, 1.165) is 11.3 Å². The molecule has 0 amide bonds. The third kappa shape index (κ3) is 4.09. The van der Waals surface area contributed by atoms with Crippen molar-refractivity contribution in [3.05, 3.63) is 29.8 Å². The molecule has 0 bridgehead atoms. The summed E-state index contributed by atoms with van der Waals surface area (Å²) >= 11 is 0. The van der Waals surface area contributed by atoms with Gasteiger partial charge in [-0.25, -0.2) is 8.42 Å². The summed E-state index contributed by atoms with van der Waals surface area (Å²) in [5.74, 6) is 0.0230. The number of halogens is 1. The van der Waals surface area contributed by atoms with Crippen molar-refractivity contribution in [2.45, 2.75) is 13.5 Å². The van der Waals surface area contributed by atoms with Crippen molar-refractivity contribution < 1.29 is 13.2 Å². The first-order chi connectivity index (χ1) is 9.15. The summed E-state index contributed by atoms with van der Waals surface area (Å²) in [6, 6.07) is 7.62. The van der Waals surface area contributed by atoms with Gasteiger partial charge in [-0.2, -0.15) is 0 Å². The predicted molar refractivity (Wildman–Crippen MR) is 83.0 cm³/mol. The van der Waals surface area contributed by atoms with Gasteiger partial charge >= 0.3 is 0 Å². The lowest BCUT2D eigenvalue weighted by molar-refractivity contribution is 0.163. The van der Waals surface area contributed by atoms with Gasteiger partial charge in [-0.1, -0.05) is 18.2 Å². The van der Waals surface area contributed by atoms with Crippen molar-refractivity contribution >= 4 is 28.1 Å². The highest BCUT2D eigenvalue weighted by molar-refractivity contribution is 7.92. The molecular weight excluding hydrogens is 300 g/mol. The maximum Gasteiger partial charge on any atom is 0.237 e. The molecule has 0 fully saturated rings. The highest BCUT2D eigenvalue weighted by atomic mass is 35.5. The molecule has 0 aliphatic carbocycles. The number of hydrogen-bond acceptors (Lipinski definition) is 4. The summed E-state index contributed by atoms with van der Waals surface area (Å²) in [4.78, 5) is 0. The number of benzene rings is 1. The van der Waals surface area contributed by atoms with E-state index >= 15 is 0 Å². The lowest BCUT2D eigenvalue weighted by atomic mass is 10.2. The van der Waals surface area contributed by atoms with Gasteiger partial charge in [0.15, 0.2) is 0 Å². The first-order valence-electron chi connectivity index (χ1n) is 6.52. The van der Waals surface area contributed by atoms with Crippen LogP contribution >= 0.6 is 12.4 Å². The quantitative estimate of drug-likeness (QED) is 0.833. The Morgan fingerprint density at radius 1 is 1.35 bits per heavy atom. The average Bonchev–Trinajstić information content (AvgIpc) is 2.61. The molecule has 0 saturated heterocycles. The van der Waals surface area contributed by atoms with E-state index in [2.05, 4.69) is 5.32 Å². The lowest BCUT2D eigenvalue weighted by Gasteiger charge is -2.24. The molecular formula is C13H21ClN2O3S. The zero-order chi connectivity index (χ0) is 13.7. The minimum atomic E-state index is -3.32. The Balaban J connectivity index is 0.00000200. The van der Waals surface area contributed by atoms with Crippen LogP contribution in [0.15, 0.2) is 24.3 Å². The molecule has 1 heterocycles. The highest BCUT2D eigenvalue weighted by Crippen LogP contribution is 2.24. The van der Waals surface area contributed by atoms with Crippen LogP contribution in [0.2, 0.25) is 0 Å². The Morgan fingerprint density at radius 2 is 2.10 bits per heavy atom. The van der Waals surface area contributed by atoms with Gasteiger partial charge in [-0.3, -0.25) is 4.31 Å². The smallest absolute Gasteiger partial charge is 0.237 e. The fourth-order valence-corrected chi connectivity index (χ4v) is 3.53. The van der Waals surface area contributed by atoms with Crippen molar-refractivity contribution in [3.8, 4) is 0 Å². The fraction of sp³-hybridized carbons (Fsp3) is 0.538. The van der Waals surface area contributed by atoms with Crippen molar-refractivity contribution in [2.24, 2.45) is 0 Å². The van der Waals surface area contributed by atoms with E-state index in [1.165, 1.54) is 4.31 Å². The average molecular weight is 321 g/mol. The number of fused-ring (bicyclic) bond motifs is 1. The van der Waals surface area contributed by atoms with E-state index in [4.69, 9.17) is 4.74 Å². The molecule has 1 N–H and O–H groups in total. The van der Waals surface area contributed by atoms with Crippen LogP contribution in [0.25, 0.3) is 0 Å². The van der Waals surface area contributed by atoms with Crippen LogP contribution in [0, 0.1) is 0 Å². The zero-order valence-electron chi connectivity index (χ0n) is 11.5. The first kappa shape index (κ1) is 17.2. The van der Waals surface area contributed by atoms with Gasteiger partial charge in [0.25, 0.3) is 0 Å². The number of para-hydroxylation sites is 1. The van der Waals surface area contributed by atoms with E-state index in [9.17, 15) is 8.42 Å². The second kappa shape index (κ2) is 7.83. The van der Waals surface area contributed by atoms with Crippen molar-refractivity contribution in [3.63, 3.8) is 0 Å². The Labute approximate surface area is 126 Å². The van der Waals surface area contributed by atoms with Gasteiger partial charge in [0.1, 0.15) is 0 Å². The molecule has 1 aromatic rings. The Morgan fingerprint density at radius 3 is 2.85 bits per heavy atom. The van der Waals surface area contributed by atoms with Gasteiger partial charge in [-0.05, 0) is 18.6 Å². The maximum absolute atomic E-state index is 12.4. The molecule has 0 unspecified atom stereocenters. The second-order valence-corrected chi connectivity index (χ2v) is 6.40. The Hall–Kier alpha value is -0.820. The molecule has 7 heteroatoms. The first-order valence-corrected chi connectivity index (χ1v) is 8.13. The molecule has 20 heavy (non-hydrogen) atoms. The summed E-state index contributed by atoms with van der Waals surface area (Å²) in [5, 5.41) is 3.24. The van der Waals surface area contributed by atoms with Gasteiger partial charge in [0.05, 0.1) is 18.0 Å². The molecule has 0 radical (unpaired) electrons. The molecule has 114 valence electrons. The molecule has 0 spiro atoms. The van der Waals surface area contributed by atoms with Crippen LogP contribution in [0.1, 0.15) is 12.5 Å². The normalized spacial score (nSPS) is 15.2. The van der Waals surface area contributed by atoms with Gasteiger partial charge in [0, 0.05) is 26.2 Å². The molecule has 1 aliphatic heterocycles. The largest absolute Gasteiger partial charge is 0.381 e. The second-order valence-electron chi connectivity index (χ2n) is 4.39. The van der Waals surface area contributed by atoms with Gasteiger partial charge < -0.3 is 10.1 Å². The van der Waals surface area contributed by atoms with Crippen LogP contribution in [0.3, 0.4) is 0 Å². The number of hydrogen-bond donors (Lipinski definition) is 1. The zero-order valence-corrected chi connectivity index (χ0v) is 13.2. The lowest BCUT2D eigenvalue weighted by Crippen LogP contribution is -2.37.